The van der Waals surface area contributed by atoms with Gasteiger partial charge in [-0.1, -0.05) is 13.8 Å². The molecule has 1 aromatic carbocycles. The summed E-state index contributed by atoms with van der Waals surface area (Å²) in [5.74, 6) is -0.139. The number of nitrogen functional groups attached to an aromatic ring is 2. The summed E-state index contributed by atoms with van der Waals surface area (Å²) < 4.78 is 0. The molecule has 0 atom stereocenters. The Balaban J connectivity index is 0.000000791. The topological polar surface area (TPSA) is 81.1 Å². The summed E-state index contributed by atoms with van der Waals surface area (Å²) in [6, 6.07) is 4.93. The number of rotatable bonds is 1. The minimum Gasteiger partial charge on any atom is -0.399 e. The van der Waals surface area contributed by atoms with Crippen LogP contribution in [0.15, 0.2) is 18.2 Å². The highest BCUT2D eigenvalue weighted by Crippen LogP contribution is 2.17. The Bertz CT molecular complexity index is 290. The first-order valence-corrected chi connectivity index (χ1v) is 4.51. The van der Waals surface area contributed by atoms with Crippen LogP contribution < -0.4 is 16.8 Å². The third kappa shape index (κ3) is 4.35. The van der Waals surface area contributed by atoms with Crippen molar-refractivity contribution in [3.8, 4) is 0 Å². The number of nitrogens with two attached hydrogens (primary N) is 2. The number of anilines is 3. The van der Waals surface area contributed by atoms with Gasteiger partial charge in [-0.2, -0.15) is 0 Å². The Labute approximate surface area is 84.3 Å². The monoisotopic (exact) mass is 195 g/mol. The van der Waals surface area contributed by atoms with E-state index < -0.39 is 0 Å². The standard InChI is InChI=1S/C8H11N3O.C2H6/c1-5(12)11-8-3-6(9)2-7(10)4-8;1-2/h2-4H,9-10H2,1H3,(H,11,12);1-2H3. The first-order chi connectivity index (χ1) is 6.58. The molecule has 0 aliphatic carbocycles. The molecular weight excluding hydrogens is 178 g/mol. The van der Waals surface area contributed by atoms with E-state index >= 15 is 0 Å². The van der Waals surface area contributed by atoms with Gasteiger partial charge in [0, 0.05) is 24.0 Å². The molecule has 0 unspecified atom stereocenters. The maximum atomic E-state index is 10.6. The maximum Gasteiger partial charge on any atom is 0.221 e. The average molecular weight is 195 g/mol. The second-order valence-corrected chi connectivity index (χ2v) is 2.57. The van der Waals surface area contributed by atoms with Crippen molar-refractivity contribution >= 4 is 23.0 Å². The van der Waals surface area contributed by atoms with Gasteiger partial charge in [0.15, 0.2) is 0 Å². The summed E-state index contributed by atoms with van der Waals surface area (Å²) in [7, 11) is 0. The highest BCUT2D eigenvalue weighted by Gasteiger charge is 1.97. The summed E-state index contributed by atoms with van der Waals surface area (Å²) in [4.78, 5) is 10.6. The van der Waals surface area contributed by atoms with Crippen LogP contribution in [0.1, 0.15) is 20.8 Å². The lowest BCUT2D eigenvalue weighted by Crippen LogP contribution is -2.06. The predicted octanol–water partition coefficient (Wildman–Crippen LogP) is 1.84. The molecule has 0 aliphatic heterocycles. The van der Waals surface area contributed by atoms with Gasteiger partial charge >= 0.3 is 0 Å². The second kappa shape index (κ2) is 5.85. The Morgan fingerprint density at radius 3 is 1.93 bits per heavy atom. The molecule has 78 valence electrons. The van der Waals surface area contributed by atoms with Crippen molar-refractivity contribution < 1.29 is 4.79 Å². The van der Waals surface area contributed by atoms with Crippen molar-refractivity contribution in [2.75, 3.05) is 16.8 Å². The minimum atomic E-state index is -0.139. The molecule has 0 aromatic heterocycles. The van der Waals surface area contributed by atoms with Crippen molar-refractivity contribution in [3.05, 3.63) is 18.2 Å². The van der Waals surface area contributed by atoms with Crippen molar-refractivity contribution in [1.82, 2.24) is 0 Å². The van der Waals surface area contributed by atoms with Crippen LogP contribution in [0, 0.1) is 0 Å². The van der Waals surface area contributed by atoms with Gasteiger partial charge in [0.2, 0.25) is 5.91 Å². The van der Waals surface area contributed by atoms with Crippen molar-refractivity contribution in [3.63, 3.8) is 0 Å². The number of amides is 1. The van der Waals surface area contributed by atoms with Crippen LogP contribution in [0.2, 0.25) is 0 Å². The molecule has 1 amide bonds. The molecule has 0 aliphatic rings. The van der Waals surface area contributed by atoms with Gasteiger partial charge in [-0.25, -0.2) is 0 Å². The molecule has 4 heteroatoms. The van der Waals surface area contributed by atoms with Crippen LogP contribution in [-0.4, -0.2) is 5.91 Å². The maximum absolute atomic E-state index is 10.6. The van der Waals surface area contributed by atoms with Crippen LogP contribution in [0.25, 0.3) is 0 Å². The Kier molecular flexibility index (Phi) is 5.14. The molecule has 0 spiro atoms. The third-order valence-corrected chi connectivity index (χ3v) is 1.30. The molecule has 4 nitrogen and oxygen atoms in total. The van der Waals surface area contributed by atoms with E-state index in [1.165, 1.54) is 6.92 Å². The number of hydrogen-bond donors (Lipinski definition) is 3. The molecule has 14 heavy (non-hydrogen) atoms. The molecule has 0 bridgehead atoms. The van der Waals surface area contributed by atoms with E-state index in [9.17, 15) is 4.79 Å². The highest BCUT2D eigenvalue weighted by atomic mass is 16.1. The molecule has 1 rings (SSSR count). The van der Waals surface area contributed by atoms with Crippen molar-refractivity contribution in [2.45, 2.75) is 20.8 Å². The third-order valence-electron chi connectivity index (χ3n) is 1.30. The quantitative estimate of drug-likeness (QED) is 0.598. The zero-order chi connectivity index (χ0) is 11.1. The van der Waals surface area contributed by atoms with Crippen LogP contribution in [0.3, 0.4) is 0 Å². The zero-order valence-corrected chi connectivity index (χ0v) is 8.79. The average Bonchev–Trinajstić information content (AvgIpc) is 2.04. The smallest absolute Gasteiger partial charge is 0.221 e. The molecule has 1 aromatic rings. The molecule has 0 saturated carbocycles. The van der Waals surface area contributed by atoms with Gasteiger partial charge in [-0.05, 0) is 18.2 Å². The molecule has 0 heterocycles. The van der Waals surface area contributed by atoms with Crippen molar-refractivity contribution in [1.29, 1.82) is 0 Å². The normalized spacial score (nSPS) is 8.50. The molecule has 0 saturated heterocycles. The van der Waals surface area contributed by atoms with E-state index in [1.807, 2.05) is 13.8 Å². The van der Waals surface area contributed by atoms with Crippen LogP contribution >= 0.6 is 0 Å². The Morgan fingerprint density at radius 1 is 1.14 bits per heavy atom. The predicted molar refractivity (Wildman–Crippen MR) is 60.9 cm³/mol. The number of benzene rings is 1. The lowest BCUT2D eigenvalue weighted by Gasteiger charge is -2.04. The summed E-state index contributed by atoms with van der Waals surface area (Å²) >= 11 is 0. The van der Waals surface area contributed by atoms with E-state index in [0.717, 1.165) is 0 Å². The summed E-state index contributed by atoms with van der Waals surface area (Å²) in [6.07, 6.45) is 0. The van der Waals surface area contributed by atoms with Gasteiger partial charge in [0.1, 0.15) is 0 Å². The largest absolute Gasteiger partial charge is 0.399 e. The second-order valence-electron chi connectivity index (χ2n) is 2.57. The highest BCUT2D eigenvalue weighted by molar-refractivity contribution is 5.89. The molecule has 5 N–H and O–H groups in total. The summed E-state index contributed by atoms with van der Waals surface area (Å²) in [6.45, 7) is 5.43. The summed E-state index contributed by atoms with van der Waals surface area (Å²) in [5, 5.41) is 2.59. The van der Waals surface area contributed by atoms with Crippen molar-refractivity contribution in [2.24, 2.45) is 0 Å². The SMILES string of the molecule is CC.CC(=O)Nc1cc(N)cc(N)c1. The van der Waals surface area contributed by atoms with Crippen LogP contribution in [-0.2, 0) is 4.79 Å². The van der Waals surface area contributed by atoms with Gasteiger partial charge in [0.25, 0.3) is 0 Å². The first-order valence-electron chi connectivity index (χ1n) is 4.51. The number of carbonyl (C=O) groups is 1. The number of carbonyl (C=O) groups excluding carboxylic acids is 1. The Hall–Kier alpha value is -1.71. The molecule has 0 fully saturated rings. The first kappa shape index (κ1) is 12.3. The fourth-order valence-corrected chi connectivity index (χ4v) is 0.952. The fourth-order valence-electron chi connectivity index (χ4n) is 0.952. The van der Waals surface area contributed by atoms with Crippen LogP contribution in [0.4, 0.5) is 17.1 Å². The van der Waals surface area contributed by atoms with E-state index in [-0.39, 0.29) is 5.91 Å². The number of hydrogen-bond acceptors (Lipinski definition) is 3. The van der Waals surface area contributed by atoms with Gasteiger partial charge in [-0.15, -0.1) is 0 Å². The van der Waals surface area contributed by atoms with E-state index in [2.05, 4.69) is 5.32 Å². The summed E-state index contributed by atoms with van der Waals surface area (Å²) in [5.41, 5.74) is 12.7. The Morgan fingerprint density at radius 2 is 1.57 bits per heavy atom. The molecule has 0 radical (unpaired) electrons. The van der Waals surface area contributed by atoms with Gasteiger partial charge in [0.05, 0.1) is 0 Å². The zero-order valence-electron chi connectivity index (χ0n) is 8.79. The van der Waals surface area contributed by atoms with Crippen LogP contribution in [0.5, 0.6) is 0 Å². The number of nitrogens with one attached hydrogen (secondary N) is 1. The van der Waals surface area contributed by atoms with Gasteiger partial charge in [-0.3, -0.25) is 4.79 Å². The molecular formula is C10H17N3O. The van der Waals surface area contributed by atoms with E-state index in [1.54, 1.807) is 18.2 Å². The lowest BCUT2D eigenvalue weighted by molar-refractivity contribution is -0.114. The fraction of sp³-hybridized carbons (Fsp3) is 0.300. The van der Waals surface area contributed by atoms with Gasteiger partial charge < -0.3 is 16.8 Å². The van der Waals surface area contributed by atoms with E-state index in [4.69, 9.17) is 11.5 Å². The van der Waals surface area contributed by atoms with E-state index in [0.29, 0.717) is 17.1 Å². The minimum absolute atomic E-state index is 0.139. The lowest BCUT2D eigenvalue weighted by atomic mass is 10.2.